The molecule has 1 saturated heterocycles. The summed E-state index contributed by atoms with van der Waals surface area (Å²) in [5.74, 6) is 5.81. The third-order valence-electron chi connectivity index (χ3n) is 4.41. The molecule has 0 aliphatic carbocycles. The predicted octanol–water partition coefficient (Wildman–Crippen LogP) is 1.06. The molecular weight excluding hydrogens is 238 g/mol. The van der Waals surface area contributed by atoms with Crippen LogP contribution in [-0.4, -0.2) is 39.4 Å². The summed E-state index contributed by atoms with van der Waals surface area (Å²) in [5, 5.41) is 4.46. The standard InChI is InChI=1S/C14H27N5/c1-14(2,19-8-5-4-6-9-19)13(16-15)11-12-7-10-18(3)17-12/h7,10,13,16H,4-6,8-9,11,15H2,1-3H3. The van der Waals surface area contributed by atoms with Gasteiger partial charge in [0.2, 0.25) is 0 Å². The van der Waals surface area contributed by atoms with Gasteiger partial charge in [0.25, 0.3) is 0 Å². The lowest BCUT2D eigenvalue weighted by Gasteiger charge is -2.45. The van der Waals surface area contributed by atoms with Gasteiger partial charge in [0, 0.05) is 31.2 Å². The minimum absolute atomic E-state index is 0.0483. The van der Waals surface area contributed by atoms with Gasteiger partial charge in [0.1, 0.15) is 0 Å². The number of rotatable bonds is 5. The van der Waals surface area contributed by atoms with E-state index >= 15 is 0 Å². The Morgan fingerprint density at radius 3 is 2.58 bits per heavy atom. The van der Waals surface area contributed by atoms with Gasteiger partial charge in [-0.3, -0.25) is 20.9 Å². The molecule has 1 fully saturated rings. The molecule has 0 aromatic carbocycles. The smallest absolute Gasteiger partial charge is 0.0641 e. The Morgan fingerprint density at radius 2 is 2.05 bits per heavy atom. The van der Waals surface area contributed by atoms with Crippen LogP contribution in [0.4, 0.5) is 0 Å². The molecule has 0 saturated carbocycles. The summed E-state index contributed by atoms with van der Waals surface area (Å²) >= 11 is 0. The van der Waals surface area contributed by atoms with E-state index in [1.165, 1.54) is 32.4 Å². The number of hydrogen-bond donors (Lipinski definition) is 2. The van der Waals surface area contributed by atoms with Gasteiger partial charge in [0.15, 0.2) is 0 Å². The second kappa shape index (κ2) is 6.03. The minimum atomic E-state index is 0.0483. The van der Waals surface area contributed by atoms with Crippen LogP contribution >= 0.6 is 0 Å². The second-order valence-electron chi connectivity index (χ2n) is 6.11. The molecule has 3 N–H and O–H groups in total. The van der Waals surface area contributed by atoms with Gasteiger partial charge < -0.3 is 0 Å². The molecule has 1 unspecified atom stereocenters. The number of aryl methyl sites for hydroxylation is 1. The van der Waals surface area contributed by atoms with Gasteiger partial charge in [-0.25, -0.2) is 0 Å². The highest BCUT2D eigenvalue weighted by molar-refractivity contribution is 5.06. The normalized spacial score (nSPS) is 19.6. The molecule has 0 amide bonds. The number of piperidine rings is 1. The van der Waals surface area contributed by atoms with Crippen molar-refractivity contribution >= 4 is 0 Å². The van der Waals surface area contributed by atoms with Gasteiger partial charge in [-0.1, -0.05) is 6.42 Å². The SMILES string of the molecule is Cn1ccc(CC(NN)C(C)(C)N2CCCCC2)n1. The van der Waals surface area contributed by atoms with Crippen molar-refractivity contribution in [3.8, 4) is 0 Å². The lowest BCUT2D eigenvalue weighted by molar-refractivity contribution is 0.0607. The van der Waals surface area contributed by atoms with Crippen molar-refractivity contribution in [2.75, 3.05) is 13.1 Å². The highest BCUT2D eigenvalue weighted by Crippen LogP contribution is 2.25. The molecule has 0 spiro atoms. The number of likely N-dealkylation sites (tertiary alicyclic amines) is 1. The Labute approximate surface area is 116 Å². The van der Waals surface area contributed by atoms with Crippen molar-refractivity contribution in [2.45, 2.75) is 51.1 Å². The van der Waals surface area contributed by atoms with E-state index in [0.717, 1.165) is 12.1 Å². The first kappa shape index (κ1) is 14.5. The Kier molecular flexibility index (Phi) is 4.60. The molecule has 1 aromatic heterocycles. The van der Waals surface area contributed by atoms with E-state index < -0.39 is 0 Å². The van der Waals surface area contributed by atoms with Crippen LogP contribution in [0.25, 0.3) is 0 Å². The van der Waals surface area contributed by atoms with Crippen LogP contribution in [0, 0.1) is 0 Å². The Bertz CT molecular complexity index is 392. The summed E-state index contributed by atoms with van der Waals surface area (Å²) in [6, 6.07) is 2.27. The molecule has 2 rings (SSSR count). The maximum Gasteiger partial charge on any atom is 0.0641 e. The van der Waals surface area contributed by atoms with Crippen LogP contribution in [0.1, 0.15) is 38.8 Å². The zero-order valence-electron chi connectivity index (χ0n) is 12.4. The van der Waals surface area contributed by atoms with E-state index in [4.69, 9.17) is 5.84 Å². The van der Waals surface area contributed by atoms with E-state index in [1.807, 2.05) is 17.9 Å². The van der Waals surface area contributed by atoms with E-state index in [2.05, 4.69) is 35.3 Å². The lowest BCUT2D eigenvalue weighted by Crippen LogP contribution is -2.61. The molecular formula is C14H27N5. The van der Waals surface area contributed by atoms with Gasteiger partial charge >= 0.3 is 0 Å². The summed E-state index contributed by atoms with van der Waals surface area (Å²) in [5.41, 5.74) is 4.15. The Balaban J connectivity index is 2.06. The molecule has 108 valence electrons. The van der Waals surface area contributed by atoms with Crippen LogP contribution < -0.4 is 11.3 Å². The monoisotopic (exact) mass is 265 g/mol. The van der Waals surface area contributed by atoms with Gasteiger partial charge in [-0.05, 0) is 45.8 Å². The molecule has 19 heavy (non-hydrogen) atoms. The van der Waals surface area contributed by atoms with Crippen LogP contribution in [0.3, 0.4) is 0 Å². The largest absolute Gasteiger partial charge is 0.297 e. The fourth-order valence-corrected chi connectivity index (χ4v) is 2.98. The lowest BCUT2D eigenvalue weighted by atomic mass is 9.87. The first-order valence-corrected chi connectivity index (χ1v) is 7.23. The third kappa shape index (κ3) is 3.35. The van der Waals surface area contributed by atoms with Crippen molar-refractivity contribution < 1.29 is 0 Å². The number of aromatic nitrogens is 2. The summed E-state index contributed by atoms with van der Waals surface area (Å²) < 4.78 is 1.84. The van der Waals surface area contributed by atoms with E-state index in [9.17, 15) is 0 Å². The van der Waals surface area contributed by atoms with E-state index in [0.29, 0.717) is 0 Å². The molecule has 1 aromatic rings. The van der Waals surface area contributed by atoms with Crippen molar-refractivity contribution in [2.24, 2.45) is 12.9 Å². The quantitative estimate of drug-likeness (QED) is 0.617. The minimum Gasteiger partial charge on any atom is -0.297 e. The molecule has 2 heterocycles. The van der Waals surface area contributed by atoms with Crippen LogP contribution in [0.2, 0.25) is 0 Å². The molecule has 1 atom stereocenters. The Morgan fingerprint density at radius 1 is 1.37 bits per heavy atom. The summed E-state index contributed by atoms with van der Waals surface area (Å²) in [6.07, 6.45) is 6.79. The van der Waals surface area contributed by atoms with Crippen molar-refractivity contribution in [3.05, 3.63) is 18.0 Å². The topological polar surface area (TPSA) is 59.1 Å². The maximum absolute atomic E-state index is 5.81. The highest BCUT2D eigenvalue weighted by Gasteiger charge is 2.35. The van der Waals surface area contributed by atoms with Crippen LogP contribution in [-0.2, 0) is 13.5 Å². The first-order valence-electron chi connectivity index (χ1n) is 7.23. The number of nitrogens with two attached hydrogens (primary N) is 1. The number of nitrogens with zero attached hydrogens (tertiary/aromatic N) is 3. The van der Waals surface area contributed by atoms with Crippen molar-refractivity contribution in [1.29, 1.82) is 0 Å². The second-order valence-corrected chi connectivity index (χ2v) is 6.11. The third-order valence-corrected chi connectivity index (χ3v) is 4.41. The number of hydrazine groups is 1. The average Bonchev–Trinajstić information content (AvgIpc) is 2.82. The first-order chi connectivity index (χ1) is 9.04. The number of nitrogens with one attached hydrogen (secondary N) is 1. The maximum atomic E-state index is 5.81. The van der Waals surface area contributed by atoms with Crippen molar-refractivity contribution in [1.82, 2.24) is 20.1 Å². The van der Waals surface area contributed by atoms with Gasteiger partial charge in [0.05, 0.1) is 5.69 Å². The summed E-state index contributed by atoms with van der Waals surface area (Å²) in [6.45, 7) is 6.92. The van der Waals surface area contributed by atoms with Gasteiger partial charge in [-0.2, -0.15) is 5.10 Å². The fraction of sp³-hybridized carbons (Fsp3) is 0.786. The van der Waals surface area contributed by atoms with Crippen LogP contribution in [0.15, 0.2) is 12.3 Å². The fourth-order valence-electron chi connectivity index (χ4n) is 2.98. The molecule has 5 nitrogen and oxygen atoms in total. The van der Waals surface area contributed by atoms with Crippen molar-refractivity contribution in [3.63, 3.8) is 0 Å². The number of hydrogen-bond acceptors (Lipinski definition) is 4. The zero-order chi connectivity index (χ0) is 13.9. The average molecular weight is 265 g/mol. The molecule has 1 aliphatic heterocycles. The van der Waals surface area contributed by atoms with Crippen LogP contribution in [0.5, 0.6) is 0 Å². The van der Waals surface area contributed by atoms with E-state index in [1.54, 1.807) is 0 Å². The zero-order valence-corrected chi connectivity index (χ0v) is 12.4. The molecule has 5 heteroatoms. The molecule has 0 bridgehead atoms. The Hall–Kier alpha value is -0.910. The highest BCUT2D eigenvalue weighted by atomic mass is 15.3. The molecule has 0 radical (unpaired) electrons. The van der Waals surface area contributed by atoms with Gasteiger partial charge in [-0.15, -0.1) is 0 Å². The van der Waals surface area contributed by atoms with E-state index in [-0.39, 0.29) is 11.6 Å². The summed E-state index contributed by atoms with van der Waals surface area (Å²) in [4.78, 5) is 2.56. The molecule has 1 aliphatic rings. The summed E-state index contributed by atoms with van der Waals surface area (Å²) in [7, 11) is 1.95. The predicted molar refractivity (Wildman–Crippen MR) is 77.5 cm³/mol.